The molecule has 4 heteroatoms. The Kier molecular flexibility index (Phi) is 4.89. The zero-order chi connectivity index (χ0) is 12.1. The maximum atomic E-state index is 5.57. The summed E-state index contributed by atoms with van der Waals surface area (Å²) in [5, 5.41) is 0. The van der Waals surface area contributed by atoms with E-state index >= 15 is 0 Å². The van der Waals surface area contributed by atoms with E-state index in [0.717, 1.165) is 5.56 Å². The summed E-state index contributed by atoms with van der Waals surface area (Å²) in [6, 6.07) is 5.93. The lowest BCUT2D eigenvalue weighted by atomic mass is 9.97. The highest BCUT2D eigenvalue weighted by Gasteiger charge is 2.23. The number of nitrogens with one attached hydrogen (secondary N) is 1. The molecule has 4 nitrogen and oxygen atoms in total. The SMILES string of the molecule is COC(OC)C(NN)c1cccc(C)c1C. The van der Waals surface area contributed by atoms with Crippen LogP contribution in [0.3, 0.4) is 0 Å². The van der Waals surface area contributed by atoms with Gasteiger partial charge in [-0.25, -0.2) is 5.43 Å². The van der Waals surface area contributed by atoms with Gasteiger partial charge in [-0.2, -0.15) is 0 Å². The standard InChI is InChI=1S/C12H20N2O2/c1-8-6-5-7-10(9(8)2)11(14-13)12(15-3)16-4/h5-7,11-12,14H,13H2,1-4H3. The summed E-state index contributed by atoms with van der Waals surface area (Å²) in [7, 11) is 3.20. The lowest BCUT2D eigenvalue weighted by Gasteiger charge is -2.26. The first-order chi connectivity index (χ1) is 7.65. The number of hydrogen-bond donors (Lipinski definition) is 2. The van der Waals surface area contributed by atoms with Crippen LogP contribution in [0.2, 0.25) is 0 Å². The molecule has 1 atom stereocenters. The number of ether oxygens (including phenoxy) is 2. The number of methoxy groups -OCH3 is 2. The first kappa shape index (κ1) is 13.1. The van der Waals surface area contributed by atoms with Gasteiger partial charge in [-0.15, -0.1) is 0 Å². The van der Waals surface area contributed by atoms with E-state index in [4.69, 9.17) is 15.3 Å². The van der Waals surface area contributed by atoms with Gasteiger partial charge in [-0.1, -0.05) is 18.2 Å². The van der Waals surface area contributed by atoms with E-state index < -0.39 is 6.29 Å². The minimum absolute atomic E-state index is 0.171. The van der Waals surface area contributed by atoms with Crippen molar-refractivity contribution in [3.8, 4) is 0 Å². The Balaban J connectivity index is 3.07. The first-order valence-corrected chi connectivity index (χ1v) is 5.23. The smallest absolute Gasteiger partial charge is 0.177 e. The molecule has 1 unspecified atom stereocenters. The first-order valence-electron chi connectivity index (χ1n) is 5.23. The molecule has 0 radical (unpaired) electrons. The predicted octanol–water partition coefficient (Wildman–Crippen LogP) is 1.43. The molecule has 3 N–H and O–H groups in total. The van der Waals surface area contributed by atoms with Gasteiger partial charge in [0, 0.05) is 14.2 Å². The number of hydrogen-bond acceptors (Lipinski definition) is 4. The fourth-order valence-electron chi connectivity index (χ4n) is 1.79. The van der Waals surface area contributed by atoms with Crippen molar-refractivity contribution in [2.45, 2.75) is 26.2 Å². The maximum absolute atomic E-state index is 5.57. The number of rotatable bonds is 5. The van der Waals surface area contributed by atoms with Crippen LogP contribution in [-0.4, -0.2) is 20.5 Å². The molecule has 1 aromatic carbocycles. The fourth-order valence-corrected chi connectivity index (χ4v) is 1.79. The fraction of sp³-hybridized carbons (Fsp3) is 0.500. The van der Waals surface area contributed by atoms with Gasteiger partial charge in [0.1, 0.15) is 0 Å². The Labute approximate surface area is 96.7 Å². The van der Waals surface area contributed by atoms with Gasteiger partial charge in [-0.05, 0) is 30.5 Å². The summed E-state index contributed by atoms with van der Waals surface area (Å²) in [6.07, 6.45) is -0.398. The van der Waals surface area contributed by atoms with Crippen molar-refractivity contribution in [2.24, 2.45) is 5.84 Å². The highest BCUT2D eigenvalue weighted by Crippen LogP contribution is 2.24. The quantitative estimate of drug-likeness (QED) is 0.451. The highest BCUT2D eigenvalue weighted by molar-refractivity contribution is 5.35. The molecule has 0 aromatic heterocycles. The van der Waals surface area contributed by atoms with Gasteiger partial charge < -0.3 is 9.47 Å². The third kappa shape index (κ3) is 2.59. The largest absolute Gasteiger partial charge is 0.354 e. The summed E-state index contributed by atoms with van der Waals surface area (Å²) < 4.78 is 10.5. The van der Waals surface area contributed by atoms with Gasteiger partial charge in [0.05, 0.1) is 6.04 Å². The van der Waals surface area contributed by atoms with Crippen LogP contribution in [0.4, 0.5) is 0 Å². The van der Waals surface area contributed by atoms with E-state index in [-0.39, 0.29) is 6.04 Å². The zero-order valence-electron chi connectivity index (χ0n) is 10.3. The summed E-state index contributed by atoms with van der Waals surface area (Å²) in [5.41, 5.74) is 6.26. The van der Waals surface area contributed by atoms with Crippen molar-refractivity contribution in [2.75, 3.05) is 14.2 Å². The molecule has 0 saturated carbocycles. The van der Waals surface area contributed by atoms with E-state index in [1.807, 2.05) is 12.1 Å². The summed E-state index contributed by atoms with van der Waals surface area (Å²) in [6.45, 7) is 4.14. The van der Waals surface area contributed by atoms with Gasteiger partial charge in [0.15, 0.2) is 6.29 Å². The van der Waals surface area contributed by atoms with E-state index in [1.165, 1.54) is 11.1 Å². The van der Waals surface area contributed by atoms with Crippen molar-refractivity contribution >= 4 is 0 Å². The number of benzene rings is 1. The molecule has 0 saturated heterocycles. The zero-order valence-corrected chi connectivity index (χ0v) is 10.3. The molecule has 1 rings (SSSR count). The minimum atomic E-state index is -0.398. The Morgan fingerprint density at radius 3 is 2.31 bits per heavy atom. The monoisotopic (exact) mass is 224 g/mol. The molecule has 90 valence electrons. The third-order valence-corrected chi connectivity index (χ3v) is 2.90. The molecule has 0 aliphatic rings. The highest BCUT2D eigenvalue weighted by atomic mass is 16.7. The summed E-state index contributed by atoms with van der Waals surface area (Å²) in [5.74, 6) is 5.57. The molecule has 0 amide bonds. The third-order valence-electron chi connectivity index (χ3n) is 2.90. The Hall–Kier alpha value is -0.940. The second kappa shape index (κ2) is 5.96. The van der Waals surface area contributed by atoms with Crippen LogP contribution >= 0.6 is 0 Å². The average Bonchev–Trinajstić information content (AvgIpc) is 2.30. The lowest BCUT2D eigenvalue weighted by molar-refractivity contribution is -0.124. The second-order valence-electron chi connectivity index (χ2n) is 3.77. The summed E-state index contributed by atoms with van der Waals surface area (Å²) >= 11 is 0. The van der Waals surface area contributed by atoms with E-state index in [9.17, 15) is 0 Å². The molecule has 0 aliphatic carbocycles. The average molecular weight is 224 g/mol. The van der Waals surface area contributed by atoms with Crippen LogP contribution < -0.4 is 11.3 Å². The van der Waals surface area contributed by atoms with Crippen molar-refractivity contribution in [1.82, 2.24) is 5.43 Å². The van der Waals surface area contributed by atoms with Gasteiger partial charge in [0.2, 0.25) is 0 Å². The van der Waals surface area contributed by atoms with Gasteiger partial charge in [0.25, 0.3) is 0 Å². The Morgan fingerprint density at radius 2 is 1.81 bits per heavy atom. The number of aryl methyl sites for hydroxylation is 1. The predicted molar refractivity (Wildman–Crippen MR) is 63.8 cm³/mol. The van der Waals surface area contributed by atoms with Crippen LogP contribution in [0.25, 0.3) is 0 Å². The molecular formula is C12H20N2O2. The lowest BCUT2D eigenvalue weighted by Crippen LogP contribution is -2.39. The van der Waals surface area contributed by atoms with Crippen LogP contribution in [0.1, 0.15) is 22.7 Å². The van der Waals surface area contributed by atoms with E-state index in [2.05, 4.69) is 25.3 Å². The van der Waals surface area contributed by atoms with Crippen molar-refractivity contribution < 1.29 is 9.47 Å². The Morgan fingerprint density at radius 1 is 1.19 bits per heavy atom. The molecular weight excluding hydrogens is 204 g/mol. The van der Waals surface area contributed by atoms with Gasteiger partial charge >= 0.3 is 0 Å². The molecule has 0 fully saturated rings. The van der Waals surface area contributed by atoms with Crippen LogP contribution in [0.5, 0.6) is 0 Å². The maximum Gasteiger partial charge on any atom is 0.177 e. The number of hydrazine groups is 1. The molecule has 16 heavy (non-hydrogen) atoms. The molecule has 0 bridgehead atoms. The second-order valence-corrected chi connectivity index (χ2v) is 3.77. The normalized spacial score (nSPS) is 13.1. The summed E-state index contributed by atoms with van der Waals surface area (Å²) in [4.78, 5) is 0. The molecule has 0 heterocycles. The molecule has 0 spiro atoms. The number of nitrogens with two attached hydrogens (primary N) is 1. The molecule has 0 aliphatic heterocycles. The van der Waals surface area contributed by atoms with Gasteiger partial charge in [-0.3, -0.25) is 5.84 Å². The van der Waals surface area contributed by atoms with Crippen LogP contribution in [0, 0.1) is 13.8 Å². The van der Waals surface area contributed by atoms with E-state index in [1.54, 1.807) is 14.2 Å². The van der Waals surface area contributed by atoms with Crippen molar-refractivity contribution in [3.63, 3.8) is 0 Å². The Bertz CT molecular complexity index is 338. The van der Waals surface area contributed by atoms with Crippen LogP contribution in [0.15, 0.2) is 18.2 Å². The topological polar surface area (TPSA) is 56.5 Å². The van der Waals surface area contributed by atoms with Crippen molar-refractivity contribution in [3.05, 3.63) is 34.9 Å². The molecule has 1 aromatic rings. The minimum Gasteiger partial charge on any atom is -0.354 e. The van der Waals surface area contributed by atoms with E-state index in [0.29, 0.717) is 0 Å². The van der Waals surface area contributed by atoms with Crippen LogP contribution in [-0.2, 0) is 9.47 Å². The van der Waals surface area contributed by atoms with Crippen molar-refractivity contribution in [1.29, 1.82) is 0 Å².